The molecule has 1 atom stereocenters. The molecule has 1 aliphatic heterocycles. The van der Waals surface area contributed by atoms with Crippen molar-refractivity contribution in [3.8, 4) is 0 Å². The molecular weight excluding hydrogens is 246 g/mol. The number of hydrogen-bond acceptors (Lipinski definition) is 5. The summed E-state index contributed by atoms with van der Waals surface area (Å²) in [6, 6.07) is 7.46. The van der Waals surface area contributed by atoms with Crippen LogP contribution in [0.1, 0.15) is 16.8 Å². The topological polar surface area (TPSA) is 59.0 Å². The van der Waals surface area contributed by atoms with Crippen LogP contribution in [0.25, 0.3) is 0 Å². The Bertz CT molecular complexity index is 433. The zero-order chi connectivity index (χ0) is 13.7. The van der Waals surface area contributed by atoms with E-state index in [9.17, 15) is 4.79 Å². The fourth-order valence-electron chi connectivity index (χ4n) is 2.37. The molecule has 104 valence electrons. The van der Waals surface area contributed by atoms with Gasteiger partial charge in [-0.25, -0.2) is 4.79 Å². The van der Waals surface area contributed by atoms with E-state index >= 15 is 0 Å². The lowest BCUT2D eigenvalue weighted by atomic mass is 10.1. The number of methoxy groups -OCH3 is 1. The van der Waals surface area contributed by atoms with Gasteiger partial charge in [0.25, 0.3) is 0 Å². The number of nitrogens with zero attached hydrogens (tertiary/aromatic N) is 1. The van der Waals surface area contributed by atoms with E-state index in [1.807, 2.05) is 18.2 Å². The first kappa shape index (κ1) is 13.8. The molecule has 5 nitrogen and oxygen atoms in total. The minimum absolute atomic E-state index is 0.0876. The van der Waals surface area contributed by atoms with E-state index in [1.54, 1.807) is 6.07 Å². The zero-order valence-electron chi connectivity index (χ0n) is 11.0. The van der Waals surface area contributed by atoms with Crippen molar-refractivity contribution in [2.45, 2.75) is 12.5 Å². The van der Waals surface area contributed by atoms with Crippen LogP contribution in [0.5, 0.6) is 0 Å². The van der Waals surface area contributed by atoms with E-state index in [0.29, 0.717) is 31.7 Å². The maximum absolute atomic E-state index is 11.8. The standard InChI is InChI=1S/C14H19NO4/c1-18-14(17)12-4-2-3-5-13(12)15-7-9-19-10-11(15)6-8-16/h2-5,11,16H,6-10H2,1H3. The first-order chi connectivity index (χ1) is 9.27. The van der Waals surface area contributed by atoms with E-state index in [2.05, 4.69) is 4.90 Å². The Morgan fingerprint density at radius 3 is 3.05 bits per heavy atom. The van der Waals surface area contributed by atoms with Gasteiger partial charge in [-0.05, 0) is 18.6 Å². The summed E-state index contributed by atoms with van der Waals surface area (Å²) >= 11 is 0. The summed E-state index contributed by atoms with van der Waals surface area (Å²) in [7, 11) is 1.38. The van der Waals surface area contributed by atoms with Crippen molar-refractivity contribution < 1.29 is 19.4 Å². The number of carbonyl (C=O) groups is 1. The molecule has 1 unspecified atom stereocenters. The van der Waals surface area contributed by atoms with Gasteiger partial charge in [-0.2, -0.15) is 0 Å². The van der Waals surface area contributed by atoms with Crippen molar-refractivity contribution in [3.05, 3.63) is 29.8 Å². The van der Waals surface area contributed by atoms with Crippen LogP contribution < -0.4 is 4.90 Å². The van der Waals surface area contributed by atoms with Crippen LogP contribution in [0, 0.1) is 0 Å². The molecule has 5 heteroatoms. The highest BCUT2D eigenvalue weighted by Gasteiger charge is 2.26. The third-order valence-electron chi connectivity index (χ3n) is 3.31. The van der Waals surface area contributed by atoms with Gasteiger partial charge >= 0.3 is 5.97 Å². The van der Waals surface area contributed by atoms with Gasteiger partial charge in [-0.3, -0.25) is 0 Å². The first-order valence-corrected chi connectivity index (χ1v) is 6.40. The summed E-state index contributed by atoms with van der Waals surface area (Å²) in [6.45, 7) is 2.00. The molecule has 0 spiro atoms. The normalized spacial score (nSPS) is 19.3. The molecule has 0 amide bonds. The number of aliphatic hydroxyl groups excluding tert-OH is 1. The molecule has 1 N–H and O–H groups in total. The van der Waals surface area contributed by atoms with Crippen LogP contribution in [0.2, 0.25) is 0 Å². The number of rotatable bonds is 4. The lowest BCUT2D eigenvalue weighted by Crippen LogP contribution is -2.46. The molecule has 1 heterocycles. The molecule has 1 saturated heterocycles. The summed E-state index contributed by atoms with van der Waals surface area (Å²) in [5.74, 6) is -0.343. The van der Waals surface area contributed by atoms with Crippen LogP contribution in [0.15, 0.2) is 24.3 Å². The van der Waals surface area contributed by atoms with Crippen molar-refractivity contribution in [2.75, 3.05) is 38.4 Å². The van der Waals surface area contributed by atoms with E-state index in [-0.39, 0.29) is 18.6 Å². The first-order valence-electron chi connectivity index (χ1n) is 6.40. The molecule has 1 aliphatic rings. The van der Waals surface area contributed by atoms with Gasteiger partial charge in [0, 0.05) is 13.2 Å². The summed E-state index contributed by atoms with van der Waals surface area (Å²) in [4.78, 5) is 13.9. The second-order valence-electron chi connectivity index (χ2n) is 4.44. The van der Waals surface area contributed by atoms with Crippen molar-refractivity contribution >= 4 is 11.7 Å². The lowest BCUT2D eigenvalue weighted by molar-refractivity contribution is 0.0598. The number of morpholine rings is 1. The number of esters is 1. The largest absolute Gasteiger partial charge is 0.465 e. The molecule has 0 aromatic heterocycles. The Hall–Kier alpha value is -1.59. The third-order valence-corrected chi connectivity index (χ3v) is 3.31. The van der Waals surface area contributed by atoms with Crippen LogP contribution in [0.3, 0.4) is 0 Å². The fraction of sp³-hybridized carbons (Fsp3) is 0.500. The highest BCUT2D eigenvalue weighted by molar-refractivity contribution is 5.95. The molecule has 0 saturated carbocycles. The number of anilines is 1. The van der Waals surface area contributed by atoms with Crippen LogP contribution in [-0.2, 0) is 9.47 Å². The highest BCUT2D eigenvalue weighted by Crippen LogP contribution is 2.26. The van der Waals surface area contributed by atoms with Gasteiger partial charge in [-0.1, -0.05) is 12.1 Å². The molecule has 2 rings (SSSR count). The van der Waals surface area contributed by atoms with Crippen LogP contribution >= 0.6 is 0 Å². The second kappa shape index (κ2) is 6.54. The van der Waals surface area contributed by atoms with E-state index in [0.717, 1.165) is 5.69 Å². The van der Waals surface area contributed by atoms with Crippen LogP contribution in [-0.4, -0.2) is 50.6 Å². The van der Waals surface area contributed by atoms with E-state index < -0.39 is 0 Å². The molecule has 0 bridgehead atoms. The number of hydrogen-bond donors (Lipinski definition) is 1. The summed E-state index contributed by atoms with van der Waals surface area (Å²) in [6.07, 6.45) is 0.621. The molecule has 1 fully saturated rings. The maximum atomic E-state index is 11.8. The van der Waals surface area contributed by atoms with Crippen molar-refractivity contribution in [1.82, 2.24) is 0 Å². The number of aliphatic hydroxyl groups is 1. The average molecular weight is 265 g/mol. The maximum Gasteiger partial charge on any atom is 0.339 e. The quantitative estimate of drug-likeness (QED) is 0.825. The lowest BCUT2D eigenvalue weighted by Gasteiger charge is -2.38. The van der Waals surface area contributed by atoms with Crippen LogP contribution in [0.4, 0.5) is 5.69 Å². The minimum atomic E-state index is -0.343. The molecule has 1 aromatic carbocycles. The third kappa shape index (κ3) is 3.05. The Morgan fingerprint density at radius 1 is 1.53 bits per heavy atom. The zero-order valence-corrected chi connectivity index (χ0v) is 11.0. The van der Waals surface area contributed by atoms with E-state index in [1.165, 1.54) is 7.11 Å². The Morgan fingerprint density at radius 2 is 2.32 bits per heavy atom. The molecule has 1 aromatic rings. The fourth-order valence-corrected chi connectivity index (χ4v) is 2.37. The van der Waals surface area contributed by atoms with Gasteiger partial charge in [0.2, 0.25) is 0 Å². The van der Waals surface area contributed by atoms with Crippen molar-refractivity contribution in [2.24, 2.45) is 0 Å². The smallest absolute Gasteiger partial charge is 0.339 e. The summed E-state index contributed by atoms with van der Waals surface area (Å²) < 4.78 is 10.3. The van der Waals surface area contributed by atoms with Crippen molar-refractivity contribution in [3.63, 3.8) is 0 Å². The predicted octanol–water partition coefficient (Wildman–Crippen LogP) is 1.06. The molecule has 0 aliphatic carbocycles. The van der Waals surface area contributed by atoms with Gasteiger partial charge in [-0.15, -0.1) is 0 Å². The predicted molar refractivity (Wildman–Crippen MR) is 71.4 cm³/mol. The summed E-state index contributed by atoms with van der Waals surface area (Å²) in [5.41, 5.74) is 1.39. The number of ether oxygens (including phenoxy) is 2. The van der Waals surface area contributed by atoms with Gasteiger partial charge in [0.15, 0.2) is 0 Å². The number of carbonyl (C=O) groups excluding carboxylic acids is 1. The number of benzene rings is 1. The Balaban J connectivity index is 2.30. The average Bonchev–Trinajstić information content (AvgIpc) is 2.47. The Kier molecular flexibility index (Phi) is 4.76. The molecule has 0 radical (unpaired) electrons. The minimum Gasteiger partial charge on any atom is -0.465 e. The second-order valence-corrected chi connectivity index (χ2v) is 4.44. The molecular formula is C14H19NO4. The molecule has 19 heavy (non-hydrogen) atoms. The monoisotopic (exact) mass is 265 g/mol. The highest BCUT2D eigenvalue weighted by atomic mass is 16.5. The van der Waals surface area contributed by atoms with Gasteiger partial charge in [0.1, 0.15) is 0 Å². The van der Waals surface area contributed by atoms with Gasteiger partial charge in [0.05, 0.1) is 37.6 Å². The SMILES string of the molecule is COC(=O)c1ccccc1N1CCOCC1CCO. The number of para-hydroxylation sites is 1. The van der Waals surface area contributed by atoms with Crippen molar-refractivity contribution in [1.29, 1.82) is 0 Å². The Labute approximate surface area is 112 Å². The van der Waals surface area contributed by atoms with E-state index in [4.69, 9.17) is 14.6 Å². The van der Waals surface area contributed by atoms with Gasteiger partial charge < -0.3 is 19.5 Å². The summed E-state index contributed by atoms with van der Waals surface area (Å²) in [5, 5.41) is 9.13.